The van der Waals surface area contributed by atoms with Crippen LogP contribution in [0.4, 0.5) is 0 Å². The van der Waals surface area contributed by atoms with Crippen molar-refractivity contribution in [2.75, 3.05) is 0 Å². The average Bonchev–Trinajstić information content (AvgIpc) is 2.09. The van der Waals surface area contributed by atoms with Crippen LogP contribution in [0.2, 0.25) is 0 Å². The van der Waals surface area contributed by atoms with E-state index in [4.69, 9.17) is 11.0 Å². The third kappa shape index (κ3) is 1.97. The Balaban J connectivity index is 2.77. The van der Waals surface area contributed by atoms with E-state index in [9.17, 15) is 5.11 Å². The van der Waals surface area contributed by atoms with Gasteiger partial charge in [0.15, 0.2) is 0 Å². The van der Waals surface area contributed by atoms with Crippen molar-refractivity contribution in [2.24, 2.45) is 5.73 Å². The minimum absolute atomic E-state index is 0.197. The maximum absolute atomic E-state index is 9.29. The number of nitrogens with two attached hydrogens (primary N) is 1. The van der Waals surface area contributed by atoms with E-state index in [-0.39, 0.29) is 5.75 Å². The van der Waals surface area contributed by atoms with Gasteiger partial charge in [0.05, 0.1) is 12.1 Å². The van der Waals surface area contributed by atoms with Gasteiger partial charge in [-0.3, -0.25) is 0 Å². The van der Waals surface area contributed by atoms with Crippen LogP contribution in [0.5, 0.6) is 5.75 Å². The predicted octanol–water partition coefficient (Wildman–Crippen LogP) is 0.786. The maximum Gasteiger partial charge on any atom is 0.118 e. The molecule has 1 aromatic rings. The number of aromatic hydroxyl groups is 1. The molecule has 3 nitrogen and oxygen atoms in total. The Morgan fingerprint density at radius 3 is 2.75 bits per heavy atom. The molecule has 3 N–H and O–H groups in total. The number of hydrogen-bond donors (Lipinski definition) is 2. The molecule has 3 heteroatoms. The third-order valence-corrected chi connectivity index (χ3v) is 1.60. The molecular weight excluding hydrogens is 152 g/mol. The number of rotatable bonds is 2. The summed E-state index contributed by atoms with van der Waals surface area (Å²) in [6, 6.07) is 8.24. The van der Waals surface area contributed by atoms with E-state index in [1.807, 2.05) is 6.07 Å². The molecule has 0 aliphatic heterocycles. The Bertz CT molecular complexity index is 304. The second-order valence-corrected chi connectivity index (χ2v) is 2.57. The molecule has 0 aliphatic carbocycles. The molecule has 0 amide bonds. The molecule has 62 valence electrons. The monoisotopic (exact) mass is 162 g/mol. The predicted molar refractivity (Wildman–Crippen MR) is 45.4 cm³/mol. The van der Waals surface area contributed by atoms with Crippen LogP contribution in [-0.4, -0.2) is 11.1 Å². The van der Waals surface area contributed by atoms with E-state index in [2.05, 4.69) is 0 Å². The zero-order valence-corrected chi connectivity index (χ0v) is 6.57. The topological polar surface area (TPSA) is 70.0 Å². The van der Waals surface area contributed by atoms with Gasteiger partial charge in [-0.25, -0.2) is 0 Å². The fourth-order valence-electron chi connectivity index (χ4n) is 0.966. The lowest BCUT2D eigenvalue weighted by molar-refractivity contribution is 0.467. The number of phenolic OH excluding ortho intramolecular Hbond substituents is 1. The molecule has 12 heavy (non-hydrogen) atoms. The Kier molecular flexibility index (Phi) is 2.67. The minimum Gasteiger partial charge on any atom is -0.508 e. The highest BCUT2D eigenvalue weighted by Gasteiger charge is 2.04. The number of hydrogen-bond acceptors (Lipinski definition) is 3. The number of nitrogens with zero attached hydrogens (tertiary/aromatic N) is 1. The Morgan fingerprint density at radius 1 is 1.50 bits per heavy atom. The molecule has 0 saturated carbocycles. The molecule has 1 atom stereocenters. The van der Waals surface area contributed by atoms with Crippen molar-refractivity contribution in [3.8, 4) is 11.8 Å². The summed E-state index contributed by atoms with van der Waals surface area (Å²) in [4.78, 5) is 0. The van der Waals surface area contributed by atoms with Crippen LogP contribution in [0.3, 0.4) is 0 Å². The summed E-state index contributed by atoms with van der Waals surface area (Å²) >= 11 is 0. The fraction of sp³-hybridized carbons (Fsp3) is 0.222. The van der Waals surface area contributed by atoms with Crippen LogP contribution in [0.1, 0.15) is 5.56 Å². The normalized spacial score (nSPS) is 12.0. The summed E-state index contributed by atoms with van der Waals surface area (Å²) in [5.74, 6) is 0.197. The van der Waals surface area contributed by atoms with E-state index < -0.39 is 6.04 Å². The lowest BCUT2D eigenvalue weighted by atomic mass is 10.1. The van der Waals surface area contributed by atoms with Crippen molar-refractivity contribution in [3.05, 3.63) is 29.8 Å². The Morgan fingerprint density at radius 2 is 2.17 bits per heavy atom. The molecule has 0 heterocycles. The van der Waals surface area contributed by atoms with Crippen molar-refractivity contribution in [3.63, 3.8) is 0 Å². The minimum atomic E-state index is -0.543. The SMILES string of the molecule is N#CC(N)Cc1ccccc1O. The maximum atomic E-state index is 9.29. The zero-order valence-electron chi connectivity index (χ0n) is 6.57. The van der Waals surface area contributed by atoms with E-state index in [1.54, 1.807) is 24.3 Å². The van der Waals surface area contributed by atoms with Crippen molar-refractivity contribution >= 4 is 0 Å². The van der Waals surface area contributed by atoms with Crippen LogP contribution in [0, 0.1) is 11.3 Å². The van der Waals surface area contributed by atoms with Gasteiger partial charge in [0.1, 0.15) is 5.75 Å². The van der Waals surface area contributed by atoms with Crippen molar-refractivity contribution in [1.29, 1.82) is 5.26 Å². The molecule has 0 radical (unpaired) electrons. The van der Waals surface area contributed by atoms with Crippen LogP contribution in [0.25, 0.3) is 0 Å². The largest absolute Gasteiger partial charge is 0.508 e. The first-order chi connectivity index (χ1) is 5.74. The zero-order chi connectivity index (χ0) is 8.97. The standard InChI is InChI=1S/C9H10N2O/c10-6-8(11)5-7-3-1-2-4-9(7)12/h1-4,8,12H,5,11H2. The average molecular weight is 162 g/mol. The van der Waals surface area contributed by atoms with Crippen molar-refractivity contribution in [2.45, 2.75) is 12.5 Å². The first kappa shape index (κ1) is 8.57. The number of benzene rings is 1. The van der Waals surface area contributed by atoms with Crippen LogP contribution in [-0.2, 0) is 6.42 Å². The van der Waals surface area contributed by atoms with Gasteiger partial charge in [-0.2, -0.15) is 5.26 Å². The molecule has 1 unspecified atom stereocenters. The quantitative estimate of drug-likeness (QED) is 0.675. The van der Waals surface area contributed by atoms with Crippen molar-refractivity contribution in [1.82, 2.24) is 0 Å². The van der Waals surface area contributed by atoms with Gasteiger partial charge in [-0.15, -0.1) is 0 Å². The first-order valence-corrected chi connectivity index (χ1v) is 3.66. The lowest BCUT2D eigenvalue weighted by Gasteiger charge is -2.04. The third-order valence-electron chi connectivity index (χ3n) is 1.60. The van der Waals surface area contributed by atoms with Crippen LogP contribution < -0.4 is 5.73 Å². The highest BCUT2D eigenvalue weighted by molar-refractivity contribution is 5.32. The number of phenols is 1. The van der Waals surface area contributed by atoms with E-state index in [1.165, 1.54) is 0 Å². The molecule has 0 fully saturated rings. The van der Waals surface area contributed by atoms with Crippen molar-refractivity contribution < 1.29 is 5.11 Å². The van der Waals surface area contributed by atoms with Gasteiger partial charge in [0.25, 0.3) is 0 Å². The molecule has 0 aliphatic rings. The second-order valence-electron chi connectivity index (χ2n) is 2.57. The smallest absolute Gasteiger partial charge is 0.118 e. The van der Waals surface area contributed by atoms with Crippen LogP contribution in [0.15, 0.2) is 24.3 Å². The fourth-order valence-corrected chi connectivity index (χ4v) is 0.966. The highest BCUT2D eigenvalue weighted by Crippen LogP contribution is 2.16. The summed E-state index contributed by atoms with van der Waals surface area (Å²) in [7, 11) is 0. The first-order valence-electron chi connectivity index (χ1n) is 3.66. The van der Waals surface area contributed by atoms with E-state index >= 15 is 0 Å². The summed E-state index contributed by atoms with van der Waals surface area (Å²) in [5, 5.41) is 17.7. The van der Waals surface area contributed by atoms with Gasteiger partial charge in [-0.1, -0.05) is 18.2 Å². The highest BCUT2D eigenvalue weighted by atomic mass is 16.3. The molecule has 0 saturated heterocycles. The van der Waals surface area contributed by atoms with Gasteiger partial charge < -0.3 is 10.8 Å². The van der Waals surface area contributed by atoms with Gasteiger partial charge in [0.2, 0.25) is 0 Å². The van der Waals surface area contributed by atoms with Gasteiger partial charge in [0, 0.05) is 6.42 Å². The molecular formula is C9H10N2O. The van der Waals surface area contributed by atoms with E-state index in [0.717, 1.165) is 0 Å². The van der Waals surface area contributed by atoms with Gasteiger partial charge >= 0.3 is 0 Å². The second kappa shape index (κ2) is 3.74. The van der Waals surface area contributed by atoms with Gasteiger partial charge in [-0.05, 0) is 11.6 Å². The molecule has 0 bridgehead atoms. The summed E-state index contributed by atoms with van der Waals surface area (Å²) < 4.78 is 0. The molecule has 0 spiro atoms. The lowest BCUT2D eigenvalue weighted by Crippen LogP contribution is -2.19. The number of nitriles is 1. The Hall–Kier alpha value is -1.53. The molecule has 0 aromatic heterocycles. The Labute approximate surface area is 71.1 Å². The molecule has 1 rings (SSSR count). The van der Waals surface area contributed by atoms with Crippen LogP contribution >= 0.6 is 0 Å². The molecule has 1 aromatic carbocycles. The van der Waals surface area contributed by atoms with E-state index in [0.29, 0.717) is 12.0 Å². The number of para-hydroxylation sites is 1. The summed E-state index contributed by atoms with van der Waals surface area (Å²) in [6.45, 7) is 0. The summed E-state index contributed by atoms with van der Waals surface area (Å²) in [6.07, 6.45) is 0.392. The summed E-state index contributed by atoms with van der Waals surface area (Å²) in [5.41, 5.74) is 6.12.